The van der Waals surface area contributed by atoms with Crippen molar-refractivity contribution < 1.29 is 19.2 Å². The molecule has 0 N–H and O–H groups in total. The van der Waals surface area contributed by atoms with E-state index in [9.17, 15) is 14.4 Å². The second kappa shape index (κ2) is 6.17. The van der Waals surface area contributed by atoms with Gasteiger partial charge in [0.25, 0.3) is 11.8 Å². The highest BCUT2D eigenvalue weighted by Crippen LogP contribution is 2.39. The number of hydroxylamine groups is 2. The third-order valence-corrected chi connectivity index (χ3v) is 3.57. The fourth-order valence-electron chi connectivity index (χ4n) is 1.16. The zero-order valence-corrected chi connectivity index (χ0v) is 13.0. The Morgan fingerprint density at radius 1 is 1.00 bits per heavy atom. The van der Waals surface area contributed by atoms with Gasteiger partial charge in [-0.15, -0.1) is 5.06 Å². The highest BCUT2D eigenvalue weighted by atomic mass is 16.7. The van der Waals surface area contributed by atoms with Crippen molar-refractivity contribution in [2.75, 3.05) is 0 Å². The lowest BCUT2D eigenvalue weighted by atomic mass is 9.69. The van der Waals surface area contributed by atoms with E-state index in [-0.39, 0.29) is 18.3 Å². The lowest BCUT2D eigenvalue weighted by Crippen LogP contribution is -2.43. The van der Waals surface area contributed by atoms with Crippen LogP contribution in [0.25, 0.3) is 0 Å². The number of carbonyl (C=O) groups excluding carboxylic acids is 3. The third-order valence-electron chi connectivity index (χ3n) is 3.57. The molecule has 0 unspecified atom stereocenters. The summed E-state index contributed by atoms with van der Waals surface area (Å²) in [5, 5.41) is 0.593. The Bertz CT molecular complexity index is 350. The predicted octanol–water partition coefficient (Wildman–Crippen LogP) is 2.69. The highest BCUT2D eigenvalue weighted by Gasteiger charge is 2.44. The van der Waals surface area contributed by atoms with Crippen LogP contribution in [0.2, 0.25) is 0 Å². The van der Waals surface area contributed by atoms with Crippen molar-refractivity contribution in [3.8, 4) is 0 Å². The summed E-state index contributed by atoms with van der Waals surface area (Å²) in [5.74, 6) is -1.46. The summed E-state index contributed by atoms with van der Waals surface area (Å²) in [7, 11) is 0. The molecule has 1 aliphatic heterocycles. The van der Waals surface area contributed by atoms with Crippen molar-refractivity contribution in [2.45, 2.75) is 61.3 Å². The first-order chi connectivity index (χ1) is 8.57. The minimum absolute atomic E-state index is 0.113. The molecule has 0 aromatic rings. The van der Waals surface area contributed by atoms with E-state index in [2.05, 4.69) is 0 Å². The molecule has 19 heavy (non-hydrogen) atoms. The van der Waals surface area contributed by atoms with Crippen LogP contribution in [0.3, 0.4) is 0 Å². The monoisotopic (exact) mass is 271 g/mol. The van der Waals surface area contributed by atoms with Gasteiger partial charge in [0.05, 0.1) is 5.41 Å². The summed E-state index contributed by atoms with van der Waals surface area (Å²) in [5.41, 5.74) is -1.11. The summed E-state index contributed by atoms with van der Waals surface area (Å²) < 4.78 is 0. The van der Waals surface area contributed by atoms with Gasteiger partial charge in [0.15, 0.2) is 0 Å². The number of hydrogen-bond acceptors (Lipinski definition) is 4. The number of carbonyl (C=O) groups is 3. The quantitative estimate of drug-likeness (QED) is 0.724. The standard InChI is InChI=1S/C12H19NO4.C2H6/c1-11(2,3)12(4,5)10(16)17-13-8(14)6-7-9(13)15;1-2/h6-7H2,1-5H3;1-2H3. The van der Waals surface area contributed by atoms with Gasteiger partial charge >= 0.3 is 5.97 Å². The summed E-state index contributed by atoms with van der Waals surface area (Å²) >= 11 is 0. The first-order valence-electron chi connectivity index (χ1n) is 6.65. The number of nitrogens with zero attached hydrogens (tertiary/aromatic N) is 1. The number of imide groups is 1. The van der Waals surface area contributed by atoms with E-state index < -0.39 is 23.2 Å². The molecule has 2 amide bonds. The van der Waals surface area contributed by atoms with Crippen LogP contribution in [-0.4, -0.2) is 22.8 Å². The summed E-state index contributed by atoms with van der Waals surface area (Å²) in [6, 6.07) is 0. The Balaban J connectivity index is 0.00000154. The second-order valence-electron chi connectivity index (χ2n) is 5.84. The van der Waals surface area contributed by atoms with E-state index >= 15 is 0 Å². The molecule has 0 aliphatic carbocycles. The fourth-order valence-corrected chi connectivity index (χ4v) is 1.16. The normalized spacial score (nSPS) is 16.1. The largest absolute Gasteiger partial charge is 0.339 e. The summed E-state index contributed by atoms with van der Waals surface area (Å²) in [4.78, 5) is 39.6. The van der Waals surface area contributed by atoms with Crippen molar-refractivity contribution in [3.63, 3.8) is 0 Å². The molecule has 1 heterocycles. The SMILES string of the molecule is CC.CC(C)(C)C(C)(C)C(=O)ON1C(=O)CCC1=O. The van der Waals surface area contributed by atoms with Crippen molar-refractivity contribution >= 4 is 17.8 Å². The van der Waals surface area contributed by atoms with Crippen LogP contribution < -0.4 is 0 Å². The maximum Gasteiger partial charge on any atom is 0.339 e. The Morgan fingerprint density at radius 2 is 1.37 bits per heavy atom. The Labute approximate surface area is 115 Å². The van der Waals surface area contributed by atoms with E-state index in [0.717, 1.165) is 0 Å². The van der Waals surface area contributed by atoms with Gasteiger partial charge in [-0.25, -0.2) is 4.79 Å². The van der Waals surface area contributed by atoms with Crippen LogP contribution in [0.15, 0.2) is 0 Å². The lowest BCUT2D eigenvalue weighted by molar-refractivity contribution is -0.208. The van der Waals surface area contributed by atoms with Crippen LogP contribution in [-0.2, 0) is 19.2 Å². The first-order valence-corrected chi connectivity index (χ1v) is 6.65. The molecule has 1 fully saturated rings. The molecule has 0 radical (unpaired) electrons. The Kier molecular flexibility index (Phi) is 5.72. The third kappa shape index (κ3) is 3.78. The fraction of sp³-hybridized carbons (Fsp3) is 0.786. The van der Waals surface area contributed by atoms with Crippen molar-refractivity contribution in [2.24, 2.45) is 10.8 Å². The molecular formula is C14H25NO4. The smallest absolute Gasteiger partial charge is 0.330 e. The van der Waals surface area contributed by atoms with Crippen LogP contribution in [0.5, 0.6) is 0 Å². The summed E-state index contributed by atoms with van der Waals surface area (Å²) in [6.45, 7) is 13.2. The molecule has 0 spiro atoms. The van der Waals surface area contributed by atoms with E-state index in [1.807, 2.05) is 34.6 Å². The van der Waals surface area contributed by atoms with E-state index in [1.54, 1.807) is 13.8 Å². The predicted molar refractivity (Wildman–Crippen MR) is 71.8 cm³/mol. The van der Waals surface area contributed by atoms with Gasteiger partial charge in [-0.05, 0) is 19.3 Å². The average Bonchev–Trinajstić information content (AvgIpc) is 2.62. The van der Waals surface area contributed by atoms with Gasteiger partial charge in [-0.1, -0.05) is 34.6 Å². The van der Waals surface area contributed by atoms with Crippen molar-refractivity contribution in [3.05, 3.63) is 0 Å². The number of hydrogen-bond donors (Lipinski definition) is 0. The number of amides is 2. The molecule has 5 nitrogen and oxygen atoms in total. The highest BCUT2D eigenvalue weighted by molar-refractivity contribution is 6.01. The molecule has 110 valence electrons. The zero-order valence-electron chi connectivity index (χ0n) is 13.0. The van der Waals surface area contributed by atoms with Crippen LogP contribution in [0.1, 0.15) is 61.3 Å². The Morgan fingerprint density at radius 3 is 1.68 bits per heavy atom. The topological polar surface area (TPSA) is 63.7 Å². The van der Waals surface area contributed by atoms with E-state index in [4.69, 9.17) is 4.84 Å². The van der Waals surface area contributed by atoms with Gasteiger partial charge in [0.2, 0.25) is 0 Å². The Hall–Kier alpha value is -1.39. The van der Waals surface area contributed by atoms with Crippen LogP contribution in [0, 0.1) is 10.8 Å². The number of rotatable bonds is 2. The van der Waals surface area contributed by atoms with Crippen LogP contribution >= 0.6 is 0 Å². The molecular weight excluding hydrogens is 246 g/mol. The van der Waals surface area contributed by atoms with E-state index in [0.29, 0.717) is 5.06 Å². The van der Waals surface area contributed by atoms with Gasteiger partial charge in [-0.3, -0.25) is 9.59 Å². The maximum atomic E-state index is 12.0. The first kappa shape index (κ1) is 17.6. The second-order valence-corrected chi connectivity index (χ2v) is 5.84. The molecule has 0 aromatic carbocycles. The van der Waals surface area contributed by atoms with Gasteiger partial charge in [0, 0.05) is 12.8 Å². The summed E-state index contributed by atoms with van der Waals surface area (Å²) in [6.07, 6.45) is 0.226. The minimum atomic E-state index is -0.782. The molecule has 0 bridgehead atoms. The average molecular weight is 271 g/mol. The van der Waals surface area contributed by atoms with Gasteiger partial charge in [-0.2, -0.15) is 0 Å². The molecule has 1 aliphatic rings. The lowest BCUT2D eigenvalue weighted by Gasteiger charge is -2.36. The molecule has 5 heteroatoms. The van der Waals surface area contributed by atoms with E-state index in [1.165, 1.54) is 0 Å². The molecule has 1 rings (SSSR count). The molecule has 0 atom stereocenters. The van der Waals surface area contributed by atoms with Crippen molar-refractivity contribution in [1.29, 1.82) is 0 Å². The van der Waals surface area contributed by atoms with Crippen molar-refractivity contribution in [1.82, 2.24) is 5.06 Å². The van der Waals surface area contributed by atoms with Gasteiger partial charge < -0.3 is 4.84 Å². The zero-order chi connectivity index (χ0) is 15.4. The van der Waals surface area contributed by atoms with Gasteiger partial charge in [0.1, 0.15) is 0 Å². The molecule has 1 saturated heterocycles. The molecule has 0 aromatic heterocycles. The maximum absolute atomic E-state index is 12.0. The van der Waals surface area contributed by atoms with Crippen LogP contribution in [0.4, 0.5) is 0 Å². The molecule has 0 saturated carbocycles. The minimum Gasteiger partial charge on any atom is -0.330 e.